The lowest BCUT2D eigenvalue weighted by Crippen LogP contribution is -2.73. The first-order valence-corrected chi connectivity index (χ1v) is 16.5. The molecule has 2 aromatic carbocycles. The van der Waals surface area contributed by atoms with E-state index in [0.717, 1.165) is 12.1 Å². The summed E-state index contributed by atoms with van der Waals surface area (Å²) < 4.78 is 42.2. The average Bonchev–Trinajstić information content (AvgIpc) is 3.70. The van der Waals surface area contributed by atoms with Gasteiger partial charge in [0.2, 0.25) is 5.91 Å². The van der Waals surface area contributed by atoms with Crippen molar-refractivity contribution in [2.45, 2.75) is 87.5 Å². The average molecular weight is 612 g/mol. The smallest absolute Gasteiger partial charge is 0.261 e. The highest BCUT2D eigenvalue weighted by Crippen LogP contribution is 2.63. The largest absolute Gasteiger partial charge is 0.504 e. The van der Waals surface area contributed by atoms with Gasteiger partial charge in [0, 0.05) is 29.8 Å². The molecule has 2 heterocycles. The predicted molar refractivity (Wildman–Crippen MR) is 161 cm³/mol. The van der Waals surface area contributed by atoms with E-state index in [-0.39, 0.29) is 39.7 Å². The fourth-order valence-electron chi connectivity index (χ4n) is 7.37. The van der Waals surface area contributed by atoms with Gasteiger partial charge >= 0.3 is 0 Å². The Morgan fingerprint density at radius 2 is 1.88 bits per heavy atom. The quantitative estimate of drug-likeness (QED) is 0.318. The van der Waals surface area contributed by atoms with E-state index in [2.05, 4.69) is 14.9 Å². The number of aromatic hydroxyl groups is 1. The van der Waals surface area contributed by atoms with Crippen LogP contribution in [0, 0.1) is 5.92 Å². The number of carbonyl (C=O) groups excluding carboxylic acids is 1. The summed E-state index contributed by atoms with van der Waals surface area (Å²) in [6, 6.07) is 8.97. The summed E-state index contributed by atoms with van der Waals surface area (Å²) in [7, 11) is -2.72. The van der Waals surface area contributed by atoms with Crippen molar-refractivity contribution in [1.82, 2.24) is 14.9 Å². The van der Waals surface area contributed by atoms with Crippen molar-refractivity contribution in [3.05, 3.63) is 58.8 Å². The van der Waals surface area contributed by atoms with Crippen LogP contribution in [0.3, 0.4) is 0 Å². The van der Waals surface area contributed by atoms with E-state index in [0.29, 0.717) is 36.6 Å². The van der Waals surface area contributed by atoms with E-state index in [4.69, 9.17) is 9.47 Å². The molecule has 2 fully saturated rings. The lowest BCUT2D eigenvalue weighted by atomic mass is 9.53. The normalized spacial score (nSPS) is 28.5. The second kappa shape index (κ2) is 10.4. The number of sulfonamides is 1. The van der Waals surface area contributed by atoms with Gasteiger partial charge in [-0.25, -0.2) is 8.42 Å². The van der Waals surface area contributed by atoms with E-state index in [1.54, 1.807) is 32.0 Å². The minimum Gasteiger partial charge on any atom is -0.504 e. The number of rotatable bonds is 9. The monoisotopic (exact) mass is 611 g/mol. The van der Waals surface area contributed by atoms with Crippen LogP contribution in [0.1, 0.15) is 58.1 Å². The highest BCUT2D eigenvalue weighted by atomic mass is 32.2. The molecule has 4 atom stereocenters. The second-order valence-corrected chi connectivity index (χ2v) is 14.6. The van der Waals surface area contributed by atoms with Crippen LogP contribution in [-0.2, 0) is 26.7 Å². The van der Waals surface area contributed by atoms with Crippen LogP contribution in [0.5, 0.6) is 17.2 Å². The standard InChI is InChI=1S/C32H41N3O7S/c1-18(2)33-30(37)19(3)27(34-43(39,40)23-11-9-22(41-5)10-12-23)29-32-14-15-35(17-20-6-7-20)25(31(32,4)38)16-21-8-13-24(36)28(42-29)26(21)32/h8-13,18,20,25,29,34,36,38H,6-7,14-17H2,1-5H3,(H,33,37)/b27-19-/t25-,29+,31-,32+/m1/s1. The number of fused-ring (bicyclic) bond motifs is 1. The topological polar surface area (TPSA) is 137 Å². The number of carbonyl (C=O) groups is 1. The molecule has 10 nitrogen and oxygen atoms in total. The lowest BCUT2D eigenvalue weighted by Gasteiger charge is -2.60. The summed E-state index contributed by atoms with van der Waals surface area (Å²) in [4.78, 5) is 15.8. The third-order valence-electron chi connectivity index (χ3n) is 9.78. The van der Waals surface area contributed by atoms with Crippen LogP contribution in [0.15, 0.2) is 52.6 Å². The van der Waals surface area contributed by atoms with Crippen molar-refractivity contribution in [1.29, 1.82) is 0 Å². The summed E-state index contributed by atoms with van der Waals surface area (Å²) in [5.41, 5.74) is -0.694. The zero-order valence-electron chi connectivity index (χ0n) is 25.3. The van der Waals surface area contributed by atoms with Crippen molar-refractivity contribution >= 4 is 15.9 Å². The predicted octanol–water partition coefficient (Wildman–Crippen LogP) is 2.97. The molecule has 0 radical (unpaired) electrons. The molecule has 2 aromatic rings. The van der Waals surface area contributed by atoms with Gasteiger partial charge in [0.25, 0.3) is 10.0 Å². The lowest BCUT2D eigenvalue weighted by molar-refractivity contribution is -0.150. The van der Waals surface area contributed by atoms with E-state index in [9.17, 15) is 23.4 Å². The van der Waals surface area contributed by atoms with Crippen molar-refractivity contribution in [2.24, 2.45) is 5.92 Å². The highest BCUT2D eigenvalue weighted by Gasteiger charge is 2.69. The molecule has 0 aromatic heterocycles. The first kappa shape index (κ1) is 29.8. The van der Waals surface area contributed by atoms with Crippen LogP contribution in [0.2, 0.25) is 0 Å². The molecule has 2 aliphatic heterocycles. The minimum atomic E-state index is -4.21. The third kappa shape index (κ3) is 4.76. The van der Waals surface area contributed by atoms with Gasteiger partial charge in [-0.05, 0) is 102 Å². The maximum absolute atomic E-state index is 13.9. The van der Waals surface area contributed by atoms with Gasteiger partial charge in [0.15, 0.2) is 17.6 Å². The molecule has 11 heteroatoms. The fraction of sp³-hybridized carbons (Fsp3) is 0.531. The molecule has 232 valence electrons. The molecule has 2 bridgehead atoms. The molecule has 4 aliphatic rings. The summed E-state index contributed by atoms with van der Waals surface area (Å²) >= 11 is 0. The van der Waals surface area contributed by atoms with E-state index in [1.807, 2.05) is 19.9 Å². The Balaban J connectivity index is 1.51. The van der Waals surface area contributed by atoms with Crippen molar-refractivity contribution in [2.75, 3.05) is 20.2 Å². The third-order valence-corrected chi connectivity index (χ3v) is 11.2. The zero-order valence-corrected chi connectivity index (χ0v) is 26.1. The summed E-state index contributed by atoms with van der Waals surface area (Å²) in [5.74, 6) is 0.805. The maximum Gasteiger partial charge on any atom is 0.261 e. The van der Waals surface area contributed by atoms with Crippen molar-refractivity contribution in [3.63, 3.8) is 0 Å². The molecule has 1 saturated heterocycles. The molecule has 6 rings (SSSR count). The Hall–Kier alpha value is -3.28. The first-order chi connectivity index (χ1) is 20.3. The number of phenols is 1. The summed E-state index contributed by atoms with van der Waals surface area (Å²) in [6.45, 7) is 8.57. The van der Waals surface area contributed by atoms with Crippen LogP contribution in [0.25, 0.3) is 0 Å². The number of likely N-dealkylation sites (tertiary alicyclic amines) is 1. The molecule has 1 spiro atoms. The van der Waals surface area contributed by atoms with Crippen LogP contribution in [-0.4, -0.2) is 73.4 Å². The molecule has 1 amide bonds. The zero-order chi connectivity index (χ0) is 30.9. The second-order valence-electron chi connectivity index (χ2n) is 12.9. The maximum atomic E-state index is 13.9. The number of hydrogen-bond acceptors (Lipinski definition) is 8. The summed E-state index contributed by atoms with van der Waals surface area (Å²) in [5, 5.41) is 26.5. The Kier molecular flexibility index (Phi) is 7.21. The van der Waals surface area contributed by atoms with Gasteiger partial charge in [0.05, 0.1) is 28.7 Å². The number of methoxy groups -OCH3 is 1. The van der Waals surface area contributed by atoms with Gasteiger partial charge in [-0.1, -0.05) is 6.07 Å². The highest BCUT2D eigenvalue weighted by molar-refractivity contribution is 7.89. The molecule has 1 saturated carbocycles. The van der Waals surface area contributed by atoms with Gasteiger partial charge < -0.3 is 25.0 Å². The SMILES string of the molecule is COc1ccc(S(=O)(=O)N/C(=C(/C)C(=O)NC(C)C)[C@@H]2Oc3c(O)ccc4c3[C@@]23CCN(CC2CC2)[C@H](C4)[C@@]3(C)O)cc1. The van der Waals surface area contributed by atoms with Crippen LogP contribution < -0.4 is 19.5 Å². The number of nitrogens with zero attached hydrogens (tertiary/aromatic N) is 1. The number of aliphatic hydroxyl groups is 1. The molecular formula is C32H41N3O7S. The number of ether oxygens (including phenoxy) is 2. The molecule has 4 N–H and O–H groups in total. The number of amides is 1. The Bertz CT molecular complexity index is 1580. The Labute approximate surface area is 253 Å². The summed E-state index contributed by atoms with van der Waals surface area (Å²) in [6.07, 6.45) is 2.29. The van der Waals surface area contributed by atoms with Gasteiger partial charge in [-0.3, -0.25) is 14.4 Å². The van der Waals surface area contributed by atoms with Crippen LogP contribution >= 0.6 is 0 Å². The van der Waals surface area contributed by atoms with Gasteiger partial charge in [-0.15, -0.1) is 0 Å². The van der Waals surface area contributed by atoms with E-state index < -0.39 is 33.1 Å². The number of benzene rings is 2. The molecular weight excluding hydrogens is 570 g/mol. The number of piperidine rings is 1. The van der Waals surface area contributed by atoms with Gasteiger partial charge in [-0.2, -0.15) is 0 Å². The molecule has 2 aliphatic carbocycles. The Morgan fingerprint density at radius 3 is 2.51 bits per heavy atom. The van der Waals surface area contributed by atoms with Crippen molar-refractivity contribution in [3.8, 4) is 17.2 Å². The molecule has 43 heavy (non-hydrogen) atoms. The van der Waals surface area contributed by atoms with Crippen LogP contribution in [0.4, 0.5) is 0 Å². The van der Waals surface area contributed by atoms with Gasteiger partial charge in [0.1, 0.15) is 5.75 Å². The first-order valence-electron chi connectivity index (χ1n) is 15.0. The van der Waals surface area contributed by atoms with E-state index >= 15 is 0 Å². The minimum absolute atomic E-state index is 0.0213. The Morgan fingerprint density at radius 1 is 1.19 bits per heavy atom. The number of phenolic OH excluding ortho intramolecular Hbond substituents is 1. The number of nitrogens with one attached hydrogen (secondary N) is 2. The fourth-order valence-corrected chi connectivity index (χ4v) is 8.53. The number of hydrogen-bond donors (Lipinski definition) is 4. The van der Waals surface area contributed by atoms with Crippen molar-refractivity contribution < 1.29 is 32.9 Å². The van der Waals surface area contributed by atoms with E-state index in [1.165, 1.54) is 32.1 Å². The molecule has 0 unspecified atom stereocenters.